The Labute approximate surface area is 122 Å². The molecular weight excluding hydrogens is 270 g/mol. The molecule has 112 valence electrons. The van der Waals surface area contributed by atoms with Gasteiger partial charge in [0.1, 0.15) is 17.2 Å². The van der Waals surface area contributed by atoms with Crippen molar-refractivity contribution in [3.05, 3.63) is 34.9 Å². The van der Waals surface area contributed by atoms with Gasteiger partial charge in [-0.15, -0.1) is 0 Å². The number of carbonyl (C=O) groups excluding carboxylic acids is 1. The predicted molar refractivity (Wildman–Crippen MR) is 80.2 cm³/mol. The van der Waals surface area contributed by atoms with Crippen molar-refractivity contribution in [1.82, 2.24) is 9.55 Å². The number of rotatable bonds is 5. The Morgan fingerprint density at radius 1 is 1.43 bits per heavy atom. The number of aromatic nitrogens is 2. The number of carbonyl (C=O) groups is 1. The molecule has 1 amide bonds. The van der Waals surface area contributed by atoms with Crippen LogP contribution in [0.1, 0.15) is 26.3 Å². The zero-order valence-electron chi connectivity index (χ0n) is 12.4. The number of nitrogens with zero attached hydrogens (tertiary/aromatic N) is 2. The molecule has 0 radical (unpaired) electrons. The predicted octanol–water partition coefficient (Wildman–Crippen LogP) is 1.48. The number of amides is 1. The molecule has 1 aromatic heterocycles. The van der Waals surface area contributed by atoms with Gasteiger partial charge < -0.3 is 10.5 Å². The van der Waals surface area contributed by atoms with Crippen LogP contribution in [0.5, 0.6) is 5.75 Å². The maximum atomic E-state index is 12.7. The molecule has 1 aromatic carbocycles. The van der Waals surface area contributed by atoms with Gasteiger partial charge >= 0.3 is 0 Å². The zero-order valence-corrected chi connectivity index (χ0v) is 12.4. The maximum Gasteiger partial charge on any atom is 0.265 e. The van der Waals surface area contributed by atoms with Gasteiger partial charge in [0.25, 0.3) is 5.56 Å². The van der Waals surface area contributed by atoms with Crippen molar-refractivity contribution in [3.8, 4) is 5.75 Å². The molecule has 6 nitrogen and oxygen atoms in total. The smallest absolute Gasteiger partial charge is 0.265 e. The number of fused-ring (bicyclic) bond motifs is 1. The van der Waals surface area contributed by atoms with Gasteiger partial charge in [0.15, 0.2) is 0 Å². The monoisotopic (exact) mass is 289 g/mol. The van der Waals surface area contributed by atoms with Gasteiger partial charge in [-0.05, 0) is 24.5 Å². The molecule has 0 bridgehead atoms. The van der Waals surface area contributed by atoms with E-state index in [-0.39, 0.29) is 11.5 Å². The van der Waals surface area contributed by atoms with E-state index in [1.54, 1.807) is 18.2 Å². The van der Waals surface area contributed by atoms with Gasteiger partial charge in [-0.25, -0.2) is 4.98 Å². The van der Waals surface area contributed by atoms with Gasteiger partial charge in [0.05, 0.1) is 19.0 Å². The first-order valence-electron chi connectivity index (χ1n) is 6.78. The van der Waals surface area contributed by atoms with Crippen LogP contribution >= 0.6 is 0 Å². The Kier molecular flexibility index (Phi) is 4.26. The lowest BCUT2D eigenvalue weighted by Crippen LogP contribution is -2.35. The van der Waals surface area contributed by atoms with Crippen LogP contribution in [0.2, 0.25) is 0 Å². The standard InChI is InChI=1S/C15H19N3O3/c1-9(2)7-11(14(16)19)18-8-17-10-5-4-6-12(21-3)13(10)15(18)20/h4-6,8-9,11H,7H2,1-3H3,(H2,16,19). The Morgan fingerprint density at radius 2 is 2.14 bits per heavy atom. The molecule has 0 fully saturated rings. The van der Waals surface area contributed by atoms with Crippen molar-refractivity contribution in [2.45, 2.75) is 26.3 Å². The summed E-state index contributed by atoms with van der Waals surface area (Å²) in [4.78, 5) is 28.6. The third kappa shape index (κ3) is 2.89. The van der Waals surface area contributed by atoms with E-state index in [4.69, 9.17) is 10.5 Å². The summed E-state index contributed by atoms with van der Waals surface area (Å²) in [5.41, 5.74) is 5.66. The van der Waals surface area contributed by atoms with E-state index in [1.165, 1.54) is 18.0 Å². The minimum absolute atomic E-state index is 0.225. The zero-order chi connectivity index (χ0) is 15.6. The van der Waals surface area contributed by atoms with Crippen LogP contribution in [0.3, 0.4) is 0 Å². The molecule has 1 atom stereocenters. The van der Waals surface area contributed by atoms with Crippen molar-refractivity contribution in [1.29, 1.82) is 0 Å². The fourth-order valence-corrected chi connectivity index (χ4v) is 2.35. The Morgan fingerprint density at radius 3 is 2.71 bits per heavy atom. The lowest BCUT2D eigenvalue weighted by Gasteiger charge is -2.18. The summed E-state index contributed by atoms with van der Waals surface area (Å²) in [7, 11) is 1.49. The average Bonchev–Trinajstić information content (AvgIpc) is 2.44. The van der Waals surface area contributed by atoms with Gasteiger partial charge in [0, 0.05) is 0 Å². The number of nitrogens with two attached hydrogens (primary N) is 1. The lowest BCUT2D eigenvalue weighted by atomic mass is 10.0. The highest BCUT2D eigenvalue weighted by Gasteiger charge is 2.22. The third-order valence-corrected chi connectivity index (χ3v) is 3.35. The Bertz CT molecular complexity index is 722. The van der Waals surface area contributed by atoms with Gasteiger partial charge in [-0.2, -0.15) is 0 Å². The van der Waals surface area contributed by atoms with E-state index in [9.17, 15) is 9.59 Å². The van der Waals surface area contributed by atoms with E-state index in [1.807, 2.05) is 13.8 Å². The normalized spacial score (nSPS) is 12.6. The topological polar surface area (TPSA) is 87.2 Å². The molecule has 2 rings (SSSR count). The average molecular weight is 289 g/mol. The van der Waals surface area contributed by atoms with Gasteiger partial charge in [0.2, 0.25) is 5.91 Å². The summed E-state index contributed by atoms with van der Waals surface area (Å²) in [6.07, 6.45) is 1.86. The number of methoxy groups -OCH3 is 1. The van der Waals surface area contributed by atoms with Gasteiger partial charge in [-0.1, -0.05) is 19.9 Å². The summed E-state index contributed by atoms with van der Waals surface area (Å²) in [6, 6.07) is 4.47. The first-order valence-corrected chi connectivity index (χ1v) is 6.78. The highest BCUT2D eigenvalue weighted by molar-refractivity contribution is 5.85. The van der Waals surface area contributed by atoms with E-state index in [0.29, 0.717) is 23.1 Å². The summed E-state index contributed by atoms with van der Waals surface area (Å²) < 4.78 is 6.51. The van der Waals surface area contributed by atoms with E-state index in [0.717, 1.165) is 0 Å². The molecule has 0 saturated heterocycles. The van der Waals surface area contributed by atoms with Gasteiger partial charge in [-0.3, -0.25) is 14.2 Å². The molecule has 2 aromatic rings. The SMILES string of the molecule is COc1cccc2ncn(C(CC(C)C)C(N)=O)c(=O)c12. The minimum Gasteiger partial charge on any atom is -0.496 e. The van der Waals surface area contributed by atoms with E-state index >= 15 is 0 Å². The summed E-state index contributed by atoms with van der Waals surface area (Å²) >= 11 is 0. The third-order valence-electron chi connectivity index (χ3n) is 3.35. The minimum atomic E-state index is -0.709. The van der Waals surface area contributed by atoms with Crippen molar-refractivity contribution in [3.63, 3.8) is 0 Å². The second kappa shape index (κ2) is 5.95. The first-order chi connectivity index (χ1) is 9.95. The number of hydrogen-bond acceptors (Lipinski definition) is 4. The first kappa shape index (κ1) is 15.0. The Balaban J connectivity index is 2.67. The molecule has 21 heavy (non-hydrogen) atoms. The van der Waals surface area contributed by atoms with Crippen LogP contribution in [0.4, 0.5) is 0 Å². The second-order valence-corrected chi connectivity index (χ2v) is 5.36. The van der Waals surface area contributed by atoms with Crippen molar-refractivity contribution >= 4 is 16.8 Å². The number of ether oxygens (including phenoxy) is 1. The van der Waals surface area contributed by atoms with Crippen LogP contribution in [-0.4, -0.2) is 22.6 Å². The molecule has 0 saturated carbocycles. The molecule has 1 unspecified atom stereocenters. The van der Waals surface area contributed by atoms with Crippen LogP contribution < -0.4 is 16.0 Å². The number of primary amides is 1. The highest BCUT2D eigenvalue weighted by Crippen LogP contribution is 2.22. The quantitative estimate of drug-likeness (QED) is 0.903. The van der Waals surface area contributed by atoms with Crippen LogP contribution in [0, 0.1) is 5.92 Å². The fourth-order valence-electron chi connectivity index (χ4n) is 2.35. The molecule has 1 heterocycles. The maximum absolute atomic E-state index is 12.7. The van der Waals surface area contributed by atoms with E-state index in [2.05, 4.69) is 4.98 Å². The van der Waals surface area contributed by atoms with Crippen molar-refractivity contribution in [2.24, 2.45) is 11.7 Å². The van der Waals surface area contributed by atoms with Crippen LogP contribution in [0.25, 0.3) is 10.9 Å². The van der Waals surface area contributed by atoms with Crippen LogP contribution in [-0.2, 0) is 4.79 Å². The summed E-state index contributed by atoms with van der Waals surface area (Å²) in [5.74, 6) is 0.122. The molecule has 6 heteroatoms. The summed E-state index contributed by atoms with van der Waals surface area (Å²) in [6.45, 7) is 3.94. The highest BCUT2D eigenvalue weighted by atomic mass is 16.5. The Hall–Kier alpha value is -2.37. The van der Waals surface area contributed by atoms with Crippen LogP contribution in [0.15, 0.2) is 29.3 Å². The van der Waals surface area contributed by atoms with Crippen molar-refractivity contribution in [2.75, 3.05) is 7.11 Å². The largest absolute Gasteiger partial charge is 0.496 e. The van der Waals surface area contributed by atoms with Crippen molar-refractivity contribution < 1.29 is 9.53 Å². The molecular formula is C15H19N3O3. The number of benzene rings is 1. The lowest BCUT2D eigenvalue weighted by molar-refractivity contribution is -0.121. The molecule has 0 spiro atoms. The number of hydrogen-bond donors (Lipinski definition) is 1. The van der Waals surface area contributed by atoms with E-state index < -0.39 is 11.9 Å². The summed E-state index contributed by atoms with van der Waals surface area (Å²) in [5, 5.41) is 0.359. The molecule has 2 N–H and O–H groups in total. The molecule has 0 aliphatic heterocycles. The fraction of sp³-hybridized carbons (Fsp3) is 0.400. The molecule has 0 aliphatic rings. The second-order valence-electron chi connectivity index (χ2n) is 5.36. The molecule has 0 aliphatic carbocycles.